The number of fused-ring (bicyclic) bond motifs is 1. The zero-order valence-corrected chi connectivity index (χ0v) is 17.9. The van der Waals surface area contributed by atoms with Gasteiger partial charge in [0.05, 0.1) is 27.8 Å². The number of rotatable bonds is 4. The maximum absolute atomic E-state index is 11.7. The highest BCUT2D eigenvalue weighted by molar-refractivity contribution is 7.29. The summed E-state index contributed by atoms with van der Waals surface area (Å²) in [6, 6.07) is 18.7. The summed E-state index contributed by atoms with van der Waals surface area (Å²) in [7, 11) is 1.41. The van der Waals surface area contributed by atoms with Crippen molar-refractivity contribution >= 4 is 61.5 Å². The Morgan fingerprint density at radius 1 is 0.857 bits per heavy atom. The molecular weight excluding hydrogens is 427 g/mol. The lowest BCUT2D eigenvalue weighted by molar-refractivity contribution is 0.0601. The van der Waals surface area contributed by atoms with Gasteiger partial charge in [0, 0.05) is 24.9 Å². The van der Waals surface area contributed by atoms with Crippen LogP contribution in [0.5, 0.6) is 0 Å². The van der Waals surface area contributed by atoms with Crippen LogP contribution in [0.25, 0.3) is 39.6 Å². The second kappa shape index (κ2) is 7.25. The van der Waals surface area contributed by atoms with E-state index in [9.17, 15) is 4.79 Å². The Bertz CT molecular complexity index is 1260. The number of esters is 1. The van der Waals surface area contributed by atoms with Crippen LogP contribution in [0.2, 0.25) is 0 Å². The fraction of sp³-hybridized carbons (Fsp3) is 0.0476. The zero-order chi connectivity index (χ0) is 19.1. The summed E-state index contributed by atoms with van der Waals surface area (Å²) in [6.45, 7) is 0. The lowest BCUT2D eigenvalue weighted by Gasteiger charge is -1.93. The molecule has 5 rings (SSSR count). The second-order valence-electron chi connectivity index (χ2n) is 6.01. The number of thiazole rings is 1. The molecule has 4 heterocycles. The topological polar surface area (TPSA) is 39.2 Å². The Labute approximate surface area is 177 Å². The van der Waals surface area contributed by atoms with E-state index in [0.717, 1.165) is 20.3 Å². The Hall–Kier alpha value is -2.32. The number of methoxy groups -OCH3 is 1. The molecule has 0 atom stereocenters. The van der Waals surface area contributed by atoms with Crippen LogP contribution in [0.4, 0.5) is 0 Å². The predicted molar refractivity (Wildman–Crippen MR) is 121 cm³/mol. The van der Waals surface area contributed by atoms with Gasteiger partial charge in [-0.2, -0.15) is 0 Å². The number of para-hydroxylation sites is 1. The van der Waals surface area contributed by atoms with E-state index >= 15 is 0 Å². The van der Waals surface area contributed by atoms with Crippen molar-refractivity contribution in [1.29, 1.82) is 0 Å². The normalized spacial score (nSPS) is 11.2. The lowest BCUT2D eigenvalue weighted by Crippen LogP contribution is -1.97. The molecule has 0 saturated carbocycles. The van der Waals surface area contributed by atoms with E-state index < -0.39 is 0 Å². The van der Waals surface area contributed by atoms with E-state index in [-0.39, 0.29) is 5.97 Å². The van der Waals surface area contributed by atoms with Crippen LogP contribution in [-0.4, -0.2) is 18.1 Å². The molecule has 0 saturated heterocycles. The standard InChI is InChI=1S/C21H13NO2S4/c1-24-21(23)12-10-19(25-11-12)17-7-6-15(26-17)16-8-9-18(27-16)20-22-13-4-2-3-5-14(13)28-20/h2-11H,1H3. The van der Waals surface area contributed by atoms with Gasteiger partial charge < -0.3 is 4.74 Å². The van der Waals surface area contributed by atoms with Gasteiger partial charge in [0.15, 0.2) is 0 Å². The van der Waals surface area contributed by atoms with Gasteiger partial charge in [0.2, 0.25) is 0 Å². The fourth-order valence-electron chi connectivity index (χ4n) is 2.86. The summed E-state index contributed by atoms with van der Waals surface area (Å²) in [5.41, 5.74) is 1.65. The zero-order valence-electron chi connectivity index (χ0n) is 14.7. The van der Waals surface area contributed by atoms with Gasteiger partial charge in [0.1, 0.15) is 5.01 Å². The second-order valence-corrected chi connectivity index (χ2v) is 10.1. The molecule has 0 radical (unpaired) electrons. The molecule has 0 spiro atoms. The first kappa shape index (κ1) is 17.8. The molecule has 1 aromatic carbocycles. The van der Waals surface area contributed by atoms with E-state index in [0.29, 0.717) is 5.56 Å². The summed E-state index contributed by atoms with van der Waals surface area (Å²) < 4.78 is 6.01. The Morgan fingerprint density at radius 2 is 1.54 bits per heavy atom. The van der Waals surface area contributed by atoms with Crippen LogP contribution in [0.3, 0.4) is 0 Å². The maximum Gasteiger partial charge on any atom is 0.338 e. The van der Waals surface area contributed by atoms with Crippen LogP contribution in [-0.2, 0) is 4.74 Å². The van der Waals surface area contributed by atoms with E-state index in [1.165, 1.54) is 26.4 Å². The monoisotopic (exact) mass is 439 g/mol. The number of thiophene rings is 3. The first-order valence-electron chi connectivity index (χ1n) is 8.44. The highest BCUT2D eigenvalue weighted by atomic mass is 32.1. The minimum Gasteiger partial charge on any atom is -0.465 e. The smallest absolute Gasteiger partial charge is 0.338 e. The molecule has 138 valence electrons. The van der Waals surface area contributed by atoms with Crippen LogP contribution >= 0.6 is 45.3 Å². The lowest BCUT2D eigenvalue weighted by atomic mass is 10.3. The number of benzene rings is 1. The van der Waals surface area contributed by atoms with Crippen LogP contribution in [0.1, 0.15) is 10.4 Å². The minimum atomic E-state index is -0.294. The average Bonchev–Trinajstić information content (AvgIpc) is 3.51. The largest absolute Gasteiger partial charge is 0.465 e. The number of carbonyl (C=O) groups excluding carboxylic acids is 1. The number of ether oxygens (including phenoxy) is 1. The third kappa shape index (κ3) is 3.20. The number of aromatic nitrogens is 1. The first-order valence-corrected chi connectivity index (χ1v) is 11.8. The van der Waals surface area contributed by atoms with E-state index in [1.54, 1.807) is 45.3 Å². The summed E-state index contributed by atoms with van der Waals surface area (Å²) in [6.07, 6.45) is 0. The number of hydrogen-bond donors (Lipinski definition) is 0. The summed E-state index contributed by atoms with van der Waals surface area (Å²) in [5.74, 6) is -0.294. The molecule has 0 aliphatic heterocycles. The van der Waals surface area contributed by atoms with Crippen molar-refractivity contribution in [3.05, 3.63) is 65.5 Å². The third-order valence-corrected chi connectivity index (χ3v) is 8.92. The summed E-state index contributed by atoms with van der Waals surface area (Å²) in [5, 5.41) is 2.91. The summed E-state index contributed by atoms with van der Waals surface area (Å²) in [4.78, 5) is 22.3. The molecule has 0 bridgehead atoms. The fourth-order valence-corrected chi connectivity index (χ4v) is 6.96. The molecule has 5 aromatic rings. The van der Waals surface area contributed by atoms with Gasteiger partial charge in [0.25, 0.3) is 0 Å². The quantitative estimate of drug-likeness (QED) is 0.276. The van der Waals surface area contributed by atoms with Crippen molar-refractivity contribution in [3.63, 3.8) is 0 Å². The van der Waals surface area contributed by atoms with Gasteiger partial charge in [-0.15, -0.1) is 45.3 Å². The van der Waals surface area contributed by atoms with Gasteiger partial charge in [-0.05, 0) is 42.5 Å². The van der Waals surface area contributed by atoms with Crippen LogP contribution in [0, 0.1) is 0 Å². The van der Waals surface area contributed by atoms with Crippen LogP contribution < -0.4 is 0 Å². The number of nitrogens with zero attached hydrogens (tertiary/aromatic N) is 1. The molecular formula is C21H13NO2S4. The van der Waals surface area contributed by atoms with E-state index in [4.69, 9.17) is 9.72 Å². The molecule has 0 unspecified atom stereocenters. The molecule has 28 heavy (non-hydrogen) atoms. The first-order chi connectivity index (χ1) is 13.7. The number of hydrogen-bond acceptors (Lipinski definition) is 7. The van der Waals surface area contributed by atoms with Gasteiger partial charge >= 0.3 is 5.97 Å². The highest BCUT2D eigenvalue weighted by Crippen LogP contribution is 2.42. The molecule has 3 nitrogen and oxygen atoms in total. The average molecular weight is 440 g/mol. The molecule has 0 fully saturated rings. The maximum atomic E-state index is 11.7. The van der Waals surface area contributed by atoms with E-state index in [1.807, 2.05) is 23.6 Å². The van der Waals surface area contributed by atoms with Crippen molar-refractivity contribution in [2.45, 2.75) is 0 Å². The third-order valence-electron chi connectivity index (χ3n) is 4.22. The number of carbonyl (C=O) groups is 1. The van der Waals surface area contributed by atoms with Gasteiger partial charge in [-0.3, -0.25) is 0 Å². The molecule has 0 amide bonds. The molecule has 4 aromatic heterocycles. The van der Waals surface area contributed by atoms with Crippen molar-refractivity contribution in [1.82, 2.24) is 4.98 Å². The molecule has 0 aliphatic carbocycles. The Kier molecular flexibility index (Phi) is 4.60. The van der Waals surface area contributed by atoms with Crippen molar-refractivity contribution in [2.75, 3.05) is 7.11 Å². The van der Waals surface area contributed by atoms with Gasteiger partial charge in [-0.25, -0.2) is 9.78 Å². The van der Waals surface area contributed by atoms with Crippen molar-refractivity contribution in [3.8, 4) is 29.4 Å². The molecule has 0 N–H and O–H groups in total. The van der Waals surface area contributed by atoms with E-state index in [2.05, 4.69) is 36.4 Å². The minimum absolute atomic E-state index is 0.294. The van der Waals surface area contributed by atoms with Crippen molar-refractivity contribution in [2.24, 2.45) is 0 Å². The Morgan fingerprint density at radius 3 is 2.29 bits per heavy atom. The molecule has 7 heteroatoms. The highest BCUT2D eigenvalue weighted by Gasteiger charge is 2.14. The SMILES string of the molecule is COC(=O)c1csc(-c2ccc(-c3ccc(-c4nc5ccccc5s4)s3)s2)c1. The van der Waals surface area contributed by atoms with Crippen molar-refractivity contribution < 1.29 is 9.53 Å². The Balaban J connectivity index is 1.43. The molecule has 0 aliphatic rings. The predicted octanol–water partition coefficient (Wildman–Crippen LogP) is 7.27. The van der Waals surface area contributed by atoms with Crippen LogP contribution in [0.15, 0.2) is 60.0 Å². The summed E-state index contributed by atoms with van der Waals surface area (Å²) >= 11 is 6.79. The van der Waals surface area contributed by atoms with Gasteiger partial charge in [-0.1, -0.05) is 12.1 Å².